The zero-order chi connectivity index (χ0) is 23.8. The molecule has 0 spiro atoms. The molecular weight excluding hydrogens is 460 g/mol. The van der Waals surface area contributed by atoms with Gasteiger partial charge in [-0.15, -0.1) is 6.42 Å². The van der Waals surface area contributed by atoms with Crippen LogP contribution in [-0.4, -0.2) is 64.7 Å². The molecule has 8 heteroatoms. The van der Waals surface area contributed by atoms with Crippen molar-refractivity contribution in [3.8, 4) is 12.3 Å². The minimum absolute atomic E-state index is 0.373. The molecule has 0 radical (unpaired) electrons. The lowest BCUT2D eigenvalue weighted by molar-refractivity contribution is -0.134. The van der Waals surface area contributed by atoms with E-state index in [1.54, 1.807) is 0 Å². The smallest absolute Gasteiger partial charge is 0.328 e. The van der Waals surface area contributed by atoms with E-state index in [9.17, 15) is 9.59 Å². The van der Waals surface area contributed by atoms with Gasteiger partial charge in [-0.2, -0.15) is 0 Å². The fourth-order valence-electron chi connectivity index (χ4n) is 3.91. The van der Waals surface area contributed by atoms with Crippen LogP contribution < -0.4 is 0 Å². The van der Waals surface area contributed by atoms with Gasteiger partial charge < -0.3 is 10.2 Å². The average molecular weight is 485 g/mol. The summed E-state index contributed by atoms with van der Waals surface area (Å²) in [4.78, 5) is 26.8. The highest BCUT2D eigenvalue weighted by Crippen LogP contribution is 2.43. The molecule has 0 aromatic heterocycles. The maximum absolute atomic E-state index is 9.55. The molecule has 4 rings (SSSR count). The largest absolute Gasteiger partial charge is 0.478 e. The number of nitrogens with zero attached hydrogens (tertiary/aromatic N) is 2. The number of rotatable bonds is 4. The fourth-order valence-corrected chi connectivity index (χ4v) is 5.21. The van der Waals surface area contributed by atoms with Crippen molar-refractivity contribution in [2.24, 2.45) is 0 Å². The molecular formula is C25H25ClN2O4S. The van der Waals surface area contributed by atoms with Crippen LogP contribution in [0.2, 0.25) is 5.02 Å². The van der Waals surface area contributed by atoms with Gasteiger partial charge in [0.1, 0.15) is 0 Å². The zero-order valence-electron chi connectivity index (χ0n) is 18.0. The van der Waals surface area contributed by atoms with Gasteiger partial charge in [0.2, 0.25) is 0 Å². The summed E-state index contributed by atoms with van der Waals surface area (Å²) in [6.07, 6.45) is 7.62. The number of fused-ring (bicyclic) bond motifs is 2. The summed E-state index contributed by atoms with van der Waals surface area (Å²) in [6, 6.07) is 15.5. The summed E-state index contributed by atoms with van der Waals surface area (Å²) in [6.45, 7) is 4.91. The summed E-state index contributed by atoms with van der Waals surface area (Å²) >= 11 is 8.22. The number of halogens is 1. The standard InChI is InChI=1S/C21H21ClN2S.C4H4O4/c1-2-9-23-10-12-24(13-11-23)19-14-16-5-3-4-6-20(16)25-21-8-7-17(22)15-18(19)21;5-3(6)1-2-4(7)8/h1,3-8,15,19H,9-14H2;1-2H,(H,5,6)(H,7,8)/b;2-1+. The second-order valence-corrected chi connectivity index (χ2v) is 9.16. The summed E-state index contributed by atoms with van der Waals surface area (Å²) < 4.78 is 0. The van der Waals surface area contributed by atoms with Gasteiger partial charge in [0.15, 0.2) is 0 Å². The zero-order valence-corrected chi connectivity index (χ0v) is 19.6. The third kappa shape index (κ3) is 7.11. The van der Waals surface area contributed by atoms with E-state index in [1.165, 1.54) is 20.9 Å². The normalized spacial score (nSPS) is 18.2. The Morgan fingerprint density at radius 2 is 1.73 bits per heavy atom. The minimum Gasteiger partial charge on any atom is -0.478 e. The first kappa shape index (κ1) is 24.9. The molecule has 0 aliphatic carbocycles. The molecule has 172 valence electrons. The molecule has 1 saturated heterocycles. The van der Waals surface area contributed by atoms with Crippen molar-refractivity contribution in [1.82, 2.24) is 9.80 Å². The quantitative estimate of drug-likeness (QED) is 0.500. The van der Waals surface area contributed by atoms with Crippen molar-refractivity contribution in [3.05, 3.63) is 70.8 Å². The number of hydrogen-bond acceptors (Lipinski definition) is 5. The Kier molecular flexibility index (Phi) is 8.98. The SMILES string of the molecule is C#CCN1CCN(C2Cc3ccccc3Sc3ccc(Cl)cc32)CC1.O=C(O)/C=C/C(=O)O. The summed E-state index contributed by atoms with van der Waals surface area (Å²) in [5.41, 5.74) is 2.79. The number of terminal acetylenes is 1. The van der Waals surface area contributed by atoms with Crippen molar-refractivity contribution < 1.29 is 19.8 Å². The Bertz CT molecular complexity index is 1060. The van der Waals surface area contributed by atoms with E-state index < -0.39 is 11.9 Å². The van der Waals surface area contributed by atoms with E-state index in [0.717, 1.165) is 44.2 Å². The number of carbonyl (C=O) groups is 2. The van der Waals surface area contributed by atoms with Gasteiger partial charge in [0.05, 0.1) is 6.54 Å². The number of carboxylic acid groups (broad SMARTS) is 2. The van der Waals surface area contributed by atoms with Gasteiger partial charge >= 0.3 is 11.9 Å². The monoisotopic (exact) mass is 484 g/mol. The predicted molar refractivity (Wildman–Crippen MR) is 130 cm³/mol. The summed E-state index contributed by atoms with van der Waals surface area (Å²) in [5, 5.41) is 16.4. The van der Waals surface area contributed by atoms with E-state index in [2.05, 4.69) is 52.1 Å². The van der Waals surface area contributed by atoms with E-state index in [-0.39, 0.29) is 0 Å². The van der Waals surface area contributed by atoms with Crippen molar-refractivity contribution in [2.45, 2.75) is 22.3 Å². The highest BCUT2D eigenvalue weighted by Gasteiger charge is 2.29. The van der Waals surface area contributed by atoms with E-state index in [0.29, 0.717) is 18.2 Å². The molecule has 2 N–H and O–H groups in total. The maximum atomic E-state index is 9.55. The first-order chi connectivity index (χ1) is 15.9. The van der Waals surface area contributed by atoms with Crippen LogP contribution in [0, 0.1) is 12.3 Å². The fraction of sp³-hybridized carbons (Fsp3) is 0.280. The molecule has 1 unspecified atom stereocenters. The Hall–Kier alpha value is -2.76. The molecule has 2 heterocycles. The molecule has 0 saturated carbocycles. The topological polar surface area (TPSA) is 81.1 Å². The molecule has 1 fully saturated rings. The van der Waals surface area contributed by atoms with Crippen LogP contribution >= 0.6 is 23.4 Å². The molecule has 2 aromatic carbocycles. The Labute approximate surface area is 202 Å². The predicted octanol–water partition coefficient (Wildman–Crippen LogP) is 4.05. The van der Waals surface area contributed by atoms with Crippen LogP contribution in [0.3, 0.4) is 0 Å². The molecule has 1 atom stereocenters. The third-order valence-corrected chi connectivity index (χ3v) is 6.91. The van der Waals surface area contributed by atoms with Gasteiger partial charge in [0.25, 0.3) is 0 Å². The highest BCUT2D eigenvalue weighted by atomic mass is 35.5. The maximum Gasteiger partial charge on any atom is 0.328 e. The van der Waals surface area contributed by atoms with Gasteiger partial charge in [-0.3, -0.25) is 9.80 Å². The molecule has 33 heavy (non-hydrogen) atoms. The molecule has 0 bridgehead atoms. The van der Waals surface area contributed by atoms with Crippen molar-refractivity contribution >= 4 is 35.3 Å². The number of hydrogen-bond donors (Lipinski definition) is 2. The van der Waals surface area contributed by atoms with Crippen LogP contribution in [0.5, 0.6) is 0 Å². The van der Waals surface area contributed by atoms with Gasteiger partial charge in [-0.1, -0.05) is 47.5 Å². The molecule has 2 aliphatic rings. The van der Waals surface area contributed by atoms with Crippen molar-refractivity contribution in [3.63, 3.8) is 0 Å². The van der Waals surface area contributed by atoms with Crippen molar-refractivity contribution in [2.75, 3.05) is 32.7 Å². The van der Waals surface area contributed by atoms with Crippen LogP contribution in [0.15, 0.2) is 64.4 Å². The number of piperazine rings is 1. The Balaban J connectivity index is 0.000000331. The first-order valence-electron chi connectivity index (χ1n) is 10.5. The van der Waals surface area contributed by atoms with Gasteiger partial charge in [-0.05, 0) is 41.8 Å². The number of carboxylic acids is 2. The summed E-state index contributed by atoms with van der Waals surface area (Å²) in [5.74, 6) is 0.250. The molecule has 6 nitrogen and oxygen atoms in total. The molecule has 2 aromatic rings. The van der Waals surface area contributed by atoms with E-state index in [4.69, 9.17) is 28.2 Å². The van der Waals surface area contributed by atoms with Crippen LogP contribution in [-0.2, 0) is 16.0 Å². The van der Waals surface area contributed by atoms with Crippen LogP contribution in [0.25, 0.3) is 0 Å². The molecule has 2 aliphatic heterocycles. The van der Waals surface area contributed by atoms with E-state index >= 15 is 0 Å². The second kappa shape index (κ2) is 11.9. The van der Waals surface area contributed by atoms with E-state index in [1.807, 2.05) is 17.8 Å². The third-order valence-electron chi connectivity index (χ3n) is 5.47. The Morgan fingerprint density at radius 1 is 1.06 bits per heavy atom. The van der Waals surface area contributed by atoms with Gasteiger partial charge in [0, 0.05) is 59.2 Å². The summed E-state index contributed by atoms with van der Waals surface area (Å²) in [7, 11) is 0. The second-order valence-electron chi connectivity index (χ2n) is 7.64. The van der Waals surface area contributed by atoms with Gasteiger partial charge in [-0.25, -0.2) is 9.59 Å². The van der Waals surface area contributed by atoms with Crippen LogP contribution in [0.4, 0.5) is 0 Å². The average Bonchev–Trinajstić information content (AvgIpc) is 2.95. The lowest BCUT2D eigenvalue weighted by Crippen LogP contribution is -2.48. The lowest BCUT2D eigenvalue weighted by atomic mass is 9.96. The highest BCUT2D eigenvalue weighted by molar-refractivity contribution is 7.99. The number of aliphatic carboxylic acids is 2. The first-order valence-corrected chi connectivity index (χ1v) is 11.7. The van der Waals surface area contributed by atoms with Crippen LogP contribution in [0.1, 0.15) is 17.2 Å². The minimum atomic E-state index is -1.26. The molecule has 0 amide bonds. The lowest BCUT2D eigenvalue weighted by Gasteiger charge is -2.39. The van der Waals surface area contributed by atoms with Crippen molar-refractivity contribution in [1.29, 1.82) is 0 Å². The number of benzene rings is 2. The Morgan fingerprint density at radius 3 is 2.36 bits per heavy atom.